The molecule has 4 aromatic rings. The topological polar surface area (TPSA) is 64.2 Å². The van der Waals surface area contributed by atoms with E-state index in [1.807, 2.05) is 64.9 Å². The second-order valence-electron chi connectivity index (χ2n) is 8.01. The summed E-state index contributed by atoms with van der Waals surface area (Å²) in [7, 11) is 0. The van der Waals surface area contributed by atoms with Crippen LogP contribution in [-0.4, -0.2) is 32.0 Å². The lowest BCUT2D eigenvalue weighted by Crippen LogP contribution is -2.40. The van der Waals surface area contributed by atoms with E-state index in [9.17, 15) is 4.79 Å². The molecule has 0 saturated heterocycles. The van der Waals surface area contributed by atoms with Crippen molar-refractivity contribution in [1.82, 2.24) is 14.8 Å². The third-order valence-corrected chi connectivity index (χ3v) is 6.78. The van der Waals surface area contributed by atoms with Gasteiger partial charge in [0.25, 0.3) is 0 Å². The predicted molar refractivity (Wildman–Crippen MR) is 126 cm³/mol. The summed E-state index contributed by atoms with van der Waals surface area (Å²) in [5.74, 6) is 1.39. The molecule has 0 spiro atoms. The van der Waals surface area contributed by atoms with E-state index >= 15 is 0 Å². The summed E-state index contributed by atoms with van der Waals surface area (Å²) < 4.78 is 7.61. The van der Waals surface area contributed by atoms with Crippen molar-refractivity contribution in [1.29, 1.82) is 0 Å². The van der Waals surface area contributed by atoms with E-state index in [0.717, 1.165) is 17.7 Å². The van der Waals surface area contributed by atoms with Crippen LogP contribution in [0.25, 0.3) is 11.6 Å². The fourth-order valence-corrected chi connectivity index (χ4v) is 5.08. The molecule has 32 heavy (non-hydrogen) atoms. The second-order valence-corrected chi connectivity index (χ2v) is 9.31. The quantitative estimate of drug-likeness (QED) is 0.390. The maximum atomic E-state index is 13.5. The Morgan fingerprint density at radius 1 is 1.09 bits per heavy atom. The number of fused-ring (bicyclic) bond motifs is 1. The van der Waals surface area contributed by atoms with E-state index < -0.39 is 0 Å². The Hall–Kier alpha value is -3.32. The summed E-state index contributed by atoms with van der Waals surface area (Å²) in [5.41, 5.74) is 3.36. The van der Waals surface area contributed by atoms with Gasteiger partial charge in [0.15, 0.2) is 10.9 Å². The number of aromatic nitrogens is 3. The number of furan rings is 1. The summed E-state index contributed by atoms with van der Waals surface area (Å²) in [6.07, 6.45) is 2.51. The monoisotopic (exact) mass is 444 g/mol. The molecule has 0 bridgehead atoms. The van der Waals surface area contributed by atoms with Crippen molar-refractivity contribution < 1.29 is 9.21 Å². The Morgan fingerprint density at radius 2 is 1.88 bits per heavy atom. The molecule has 0 radical (unpaired) electrons. The van der Waals surface area contributed by atoms with E-state index in [1.165, 1.54) is 17.3 Å². The van der Waals surface area contributed by atoms with Gasteiger partial charge in [-0.25, -0.2) is 0 Å². The number of benzene rings is 2. The molecule has 6 nitrogen and oxygen atoms in total. The van der Waals surface area contributed by atoms with Crippen LogP contribution in [0, 0.1) is 0 Å². The lowest BCUT2D eigenvalue weighted by molar-refractivity contribution is -0.118. The zero-order valence-corrected chi connectivity index (χ0v) is 18.8. The largest absolute Gasteiger partial charge is 0.461 e. The van der Waals surface area contributed by atoms with Crippen molar-refractivity contribution >= 4 is 23.4 Å². The smallest absolute Gasteiger partial charge is 0.240 e. The maximum absolute atomic E-state index is 13.5. The molecule has 3 heterocycles. The first-order valence-corrected chi connectivity index (χ1v) is 11.6. The fraction of sp³-hybridized carbons (Fsp3) is 0.240. The number of thioether (sulfide) groups is 1. The highest BCUT2D eigenvalue weighted by atomic mass is 32.2. The van der Waals surface area contributed by atoms with E-state index in [2.05, 4.69) is 35.3 Å². The zero-order chi connectivity index (χ0) is 22.1. The van der Waals surface area contributed by atoms with Crippen LogP contribution in [0.15, 0.2) is 82.6 Å². The van der Waals surface area contributed by atoms with E-state index in [1.54, 1.807) is 6.26 Å². The van der Waals surface area contributed by atoms with Crippen LogP contribution < -0.4 is 4.90 Å². The van der Waals surface area contributed by atoms with Crippen LogP contribution in [0.1, 0.15) is 25.0 Å². The van der Waals surface area contributed by atoms with Crippen LogP contribution in [0.3, 0.4) is 0 Å². The van der Waals surface area contributed by atoms with Crippen molar-refractivity contribution in [3.8, 4) is 11.6 Å². The number of carbonyl (C=O) groups excluding carboxylic acids is 1. The molecule has 0 aliphatic carbocycles. The molecule has 2 aromatic carbocycles. The lowest BCUT2D eigenvalue weighted by atomic mass is 10.1. The van der Waals surface area contributed by atoms with Gasteiger partial charge in [-0.1, -0.05) is 60.3 Å². The molecule has 0 fully saturated rings. The number of rotatable bonds is 6. The number of para-hydroxylation sites is 1. The van der Waals surface area contributed by atoms with Crippen LogP contribution in [0.4, 0.5) is 5.69 Å². The summed E-state index contributed by atoms with van der Waals surface area (Å²) in [4.78, 5) is 15.4. The van der Waals surface area contributed by atoms with Crippen molar-refractivity contribution in [2.24, 2.45) is 0 Å². The van der Waals surface area contributed by atoms with Gasteiger partial charge in [-0.05, 0) is 49.6 Å². The Kier molecular flexibility index (Phi) is 5.57. The number of carbonyl (C=O) groups is 1. The maximum Gasteiger partial charge on any atom is 0.240 e. The highest BCUT2D eigenvalue weighted by Crippen LogP contribution is 2.35. The van der Waals surface area contributed by atoms with Gasteiger partial charge >= 0.3 is 0 Å². The average molecular weight is 445 g/mol. The Labute approximate surface area is 191 Å². The minimum absolute atomic E-state index is 0.0845. The minimum Gasteiger partial charge on any atom is -0.461 e. The molecular formula is C25H24N4O2S. The average Bonchev–Trinajstić information content (AvgIpc) is 3.53. The second kappa shape index (κ2) is 8.67. The van der Waals surface area contributed by atoms with Gasteiger partial charge in [-0.2, -0.15) is 0 Å². The van der Waals surface area contributed by atoms with Gasteiger partial charge in [0.2, 0.25) is 11.7 Å². The SMILES string of the molecule is C[C@@H]1Cc2ccccc2N1C(=O)[C@@H](C)Sc1nnc(-c2ccco2)n1Cc1ccccc1. The molecule has 2 aromatic heterocycles. The van der Waals surface area contributed by atoms with Gasteiger partial charge in [0, 0.05) is 11.7 Å². The molecule has 7 heteroatoms. The summed E-state index contributed by atoms with van der Waals surface area (Å²) in [5, 5.41) is 9.20. The van der Waals surface area contributed by atoms with Gasteiger partial charge in [0.05, 0.1) is 18.1 Å². The molecule has 1 amide bonds. The van der Waals surface area contributed by atoms with Crippen LogP contribution in [-0.2, 0) is 17.8 Å². The molecule has 1 aliphatic rings. The normalized spacial score (nSPS) is 16.2. The zero-order valence-electron chi connectivity index (χ0n) is 18.0. The summed E-state index contributed by atoms with van der Waals surface area (Å²) >= 11 is 1.44. The van der Waals surface area contributed by atoms with Crippen LogP contribution in [0.5, 0.6) is 0 Å². The number of hydrogen-bond acceptors (Lipinski definition) is 5. The molecule has 0 unspecified atom stereocenters. The molecule has 1 aliphatic heterocycles. The van der Waals surface area contributed by atoms with Gasteiger partial charge in [-0.15, -0.1) is 10.2 Å². The number of hydrogen-bond donors (Lipinski definition) is 0. The number of amides is 1. The van der Waals surface area contributed by atoms with Crippen molar-refractivity contribution in [2.45, 2.75) is 43.3 Å². The van der Waals surface area contributed by atoms with Crippen LogP contribution >= 0.6 is 11.8 Å². The predicted octanol–water partition coefficient (Wildman–Crippen LogP) is 5.04. The third-order valence-electron chi connectivity index (χ3n) is 5.72. The summed E-state index contributed by atoms with van der Waals surface area (Å²) in [6.45, 7) is 4.63. The minimum atomic E-state index is -0.313. The molecule has 162 valence electrons. The molecule has 0 saturated carbocycles. The number of anilines is 1. The molecule has 5 rings (SSSR count). The highest BCUT2D eigenvalue weighted by Gasteiger charge is 2.34. The van der Waals surface area contributed by atoms with E-state index in [-0.39, 0.29) is 17.2 Å². The van der Waals surface area contributed by atoms with Gasteiger partial charge in [-0.3, -0.25) is 9.36 Å². The molecule has 0 N–H and O–H groups in total. The van der Waals surface area contributed by atoms with Crippen molar-refractivity contribution in [2.75, 3.05) is 4.90 Å². The Morgan fingerprint density at radius 3 is 2.66 bits per heavy atom. The molecule has 2 atom stereocenters. The lowest BCUT2D eigenvalue weighted by Gasteiger charge is -2.25. The van der Waals surface area contributed by atoms with Gasteiger partial charge in [0.1, 0.15) is 0 Å². The standard InChI is InChI=1S/C25H24N4O2S/c1-17-15-20-11-6-7-12-21(20)29(17)24(30)18(2)32-25-27-26-23(22-13-8-14-31-22)28(25)16-19-9-4-3-5-10-19/h3-14,17-18H,15-16H2,1-2H3/t17-,18-/m1/s1. The number of nitrogens with zero attached hydrogens (tertiary/aromatic N) is 4. The highest BCUT2D eigenvalue weighted by molar-refractivity contribution is 8.00. The third kappa shape index (κ3) is 3.84. The van der Waals surface area contributed by atoms with Crippen LogP contribution in [0.2, 0.25) is 0 Å². The van der Waals surface area contributed by atoms with Crippen molar-refractivity contribution in [3.63, 3.8) is 0 Å². The van der Waals surface area contributed by atoms with Crippen molar-refractivity contribution in [3.05, 3.63) is 84.1 Å². The Bertz CT molecular complexity index is 1220. The Balaban J connectivity index is 1.43. The fourth-order valence-electron chi connectivity index (χ4n) is 4.18. The van der Waals surface area contributed by atoms with E-state index in [4.69, 9.17) is 4.42 Å². The molecular weight excluding hydrogens is 420 g/mol. The first-order valence-electron chi connectivity index (χ1n) is 10.7. The first-order chi connectivity index (χ1) is 15.6. The van der Waals surface area contributed by atoms with Gasteiger partial charge < -0.3 is 9.32 Å². The van der Waals surface area contributed by atoms with E-state index in [0.29, 0.717) is 23.3 Å². The first kappa shape index (κ1) is 20.6. The summed E-state index contributed by atoms with van der Waals surface area (Å²) in [6, 6.07) is 22.1.